The number of aromatic amines is 1. The van der Waals surface area contributed by atoms with E-state index in [1.807, 2.05) is 4.98 Å². The summed E-state index contributed by atoms with van der Waals surface area (Å²) >= 11 is 0.619. The molecule has 1 heterocycles. The summed E-state index contributed by atoms with van der Waals surface area (Å²) in [6.07, 6.45) is -4.98. The SMILES string of the molecule is N#Cc1c(C(F)(F)F)nc(SCc2ccc(F)cc2F)[nH]c1=O. The van der Waals surface area contributed by atoms with Crippen LogP contribution in [0.25, 0.3) is 0 Å². The molecular formula is C13H6F5N3OS. The van der Waals surface area contributed by atoms with Crippen molar-refractivity contribution >= 4 is 11.8 Å². The van der Waals surface area contributed by atoms with Gasteiger partial charge in [-0.1, -0.05) is 17.8 Å². The Morgan fingerprint density at radius 3 is 2.57 bits per heavy atom. The number of halogens is 5. The molecule has 1 N–H and O–H groups in total. The van der Waals surface area contributed by atoms with Gasteiger partial charge in [-0.15, -0.1) is 0 Å². The van der Waals surface area contributed by atoms with E-state index in [4.69, 9.17) is 5.26 Å². The van der Waals surface area contributed by atoms with Gasteiger partial charge < -0.3 is 4.98 Å². The molecule has 0 bridgehead atoms. The smallest absolute Gasteiger partial charge is 0.300 e. The summed E-state index contributed by atoms with van der Waals surface area (Å²) in [4.78, 5) is 16.7. The molecule has 0 radical (unpaired) electrons. The largest absolute Gasteiger partial charge is 0.434 e. The first-order chi connectivity index (χ1) is 10.7. The number of nitrogens with zero attached hydrogens (tertiary/aromatic N) is 2. The molecule has 0 fully saturated rings. The van der Waals surface area contributed by atoms with Crippen LogP contribution in [0.15, 0.2) is 28.2 Å². The lowest BCUT2D eigenvalue weighted by Gasteiger charge is -2.09. The number of thioether (sulfide) groups is 1. The predicted molar refractivity (Wildman–Crippen MR) is 70.5 cm³/mol. The molecule has 10 heteroatoms. The Balaban J connectivity index is 2.33. The first-order valence-corrected chi connectivity index (χ1v) is 6.89. The molecule has 1 aromatic heterocycles. The highest BCUT2D eigenvalue weighted by molar-refractivity contribution is 7.98. The van der Waals surface area contributed by atoms with Crippen LogP contribution >= 0.6 is 11.8 Å². The van der Waals surface area contributed by atoms with Crippen LogP contribution in [0.3, 0.4) is 0 Å². The highest BCUT2D eigenvalue weighted by atomic mass is 32.2. The maximum Gasteiger partial charge on any atom is 0.434 e. The van der Waals surface area contributed by atoms with Crippen molar-refractivity contribution in [3.8, 4) is 6.07 Å². The van der Waals surface area contributed by atoms with E-state index in [0.29, 0.717) is 17.8 Å². The molecular weight excluding hydrogens is 341 g/mol. The zero-order chi connectivity index (χ0) is 17.2. The average Bonchev–Trinajstić information content (AvgIpc) is 2.44. The molecule has 0 amide bonds. The second-order valence-corrected chi connectivity index (χ2v) is 5.19. The summed E-state index contributed by atoms with van der Waals surface area (Å²) in [5.74, 6) is -1.84. The fourth-order valence-electron chi connectivity index (χ4n) is 1.61. The van der Waals surface area contributed by atoms with E-state index < -0.39 is 39.8 Å². The summed E-state index contributed by atoms with van der Waals surface area (Å²) in [7, 11) is 0. The lowest BCUT2D eigenvalue weighted by atomic mass is 10.2. The molecule has 0 aliphatic heterocycles. The second kappa shape index (κ2) is 6.37. The topological polar surface area (TPSA) is 69.5 Å². The van der Waals surface area contributed by atoms with Gasteiger partial charge in [-0.3, -0.25) is 4.79 Å². The van der Waals surface area contributed by atoms with Gasteiger partial charge in [0.1, 0.15) is 23.3 Å². The Kier molecular flexibility index (Phi) is 4.70. The molecule has 23 heavy (non-hydrogen) atoms. The van der Waals surface area contributed by atoms with Crippen molar-refractivity contribution in [2.75, 3.05) is 0 Å². The number of alkyl halides is 3. The molecule has 0 aliphatic rings. The van der Waals surface area contributed by atoms with Crippen molar-refractivity contribution in [1.29, 1.82) is 5.26 Å². The molecule has 0 atom stereocenters. The van der Waals surface area contributed by atoms with Gasteiger partial charge in [0.05, 0.1) is 0 Å². The zero-order valence-corrected chi connectivity index (χ0v) is 11.9. The molecule has 2 rings (SSSR count). The Labute approximate surface area is 130 Å². The standard InChI is InChI=1S/C13H6F5N3OS/c14-7-2-1-6(9(15)3-7)5-23-12-20-10(13(16,17)18)8(4-19)11(22)21-12/h1-3H,5H2,(H,20,21,22). The Bertz CT molecular complexity index is 841. The number of hydrogen-bond acceptors (Lipinski definition) is 4. The van der Waals surface area contributed by atoms with Crippen LogP contribution in [0.5, 0.6) is 0 Å². The number of benzene rings is 1. The van der Waals surface area contributed by atoms with Gasteiger partial charge in [-0.05, 0) is 11.6 Å². The van der Waals surface area contributed by atoms with E-state index in [1.165, 1.54) is 0 Å². The molecule has 0 aliphatic carbocycles. The average molecular weight is 347 g/mol. The third-order valence-electron chi connectivity index (χ3n) is 2.66. The fraction of sp³-hybridized carbons (Fsp3) is 0.154. The Morgan fingerprint density at radius 2 is 2.00 bits per heavy atom. The van der Waals surface area contributed by atoms with E-state index in [2.05, 4.69) is 4.98 Å². The maximum absolute atomic E-state index is 13.5. The monoisotopic (exact) mass is 347 g/mol. The molecule has 4 nitrogen and oxygen atoms in total. The third kappa shape index (κ3) is 3.87. The van der Waals surface area contributed by atoms with Gasteiger partial charge in [-0.25, -0.2) is 13.8 Å². The number of nitriles is 1. The minimum Gasteiger partial charge on any atom is -0.300 e. The molecule has 0 spiro atoms. The van der Waals surface area contributed by atoms with Gasteiger partial charge in [-0.2, -0.15) is 18.4 Å². The van der Waals surface area contributed by atoms with E-state index in [0.717, 1.165) is 18.2 Å². The molecule has 0 saturated heterocycles. The van der Waals surface area contributed by atoms with Gasteiger partial charge in [0.15, 0.2) is 10.9 Å². The lowest BCUT2D eigenvalue weighted by molar-refractivity contribution is -0.142. The summed E-state index contributed by atoms with van der Waals surface area (Å²) in [6.45, 7) is 0. The minimum absolute atomic E-state index is 0.0250. The molecule has 0 saturated carbocycles. The summed E-state index contributed by atoms with van der Waals surface area (Å²) < 4.78 is 64.6. The van der Waals surface area contributed by atoms with Crippen molar-refractivity contribution in [3.63, 3.8) is 0 Å². The van der Waals surface area contributed by atoms with Crippen molar-refractivity contribution < 1.29 is 22.0 Å². The quantitative estimate of drug-likeness (QED) is 0.526. The number of hydrogen-bond donors (Lipinski definition) is 1. The number of nitrogens with one attached hydrogen (secondary N) is 1. The lowest BCUT2D eigenvalue weighted by Crippen LogP contribution is -2.22. The summed E-state index contributed by atoms with van der Waals surface area (Å²) in [5.41, 5.74) is -3.96. The van der Waals surface area contributed by atoms with E-state index in [-0.39, 0.29) is 11.3 Å². The van der Waals surface area contributed by atoms with Gasteiger partial charge in [0.25, 0.3) is 5.56 Å². The normalized spacial score (nSPS) is 11.3. The molecule has 2 aromatic rings. The highest BCUT2D eigenvalue weighted by Crippen LogP contribution is 2.30. The van der Waals surface area contributed by atoms with Crippen molar-refractivity contribution in [3.05, 3.63) is 57.0 Å². The Morgan fingerprint density at radius 1 is 1.30 bits per heavy atom. The van der Waals surface area contributed by atoms with Gasteiger partial charge in [0, 0.05) is 11.8 Å². The van der Waals surface area contributed by atoms with Crippen LogP contribution in [0.1, 0.15) is 16.8 Å². The number of aromatic nitrogens is 2. The van der Waals surface area contributed by atoms with Crippen molar-refractivity contribution in [2.24, 2.45) is 0 Å². The van der Waals surface area contributed by atoms with Crippen LogP contribution in [0, 0.1) is 23.0 Å². The van der Waals surface area contributed by atoms with Crippen molar-refractivity contribution in [1.82, 2.24) is 9.97 Å². The van der Waals surface area contributed by atoms with Crippen LogP contribution < -0.4 is 5.56 Å². The first-order valence-electron chi connectivity index (χ1n) is 5.90. The fourth-order valence-corrected chi connectivity index (χ4v) is 2.46. The van der Waals surface area contributed by atoms with Crippen LogP contribution in [0.4, 0.5) is 22.0 Å². The highest BCUT2D eigenvalue weighted by Gasteiger charge is 2.37. The first kappa shape index (κ1) is 17.0. The number of rotatable bonds is 3. The van der Waals surface area contributed by atoms with Crippen LogP contribution in [0.2, 0.25) is 0 Å². The third-order valence-corrected chi connectivity index (χ3v) is 3.58. The van der Waals surface area contributed by atoms with Crippen molar-refractivity contribution in [2.45, 2.75) is 17.1 Å². The van der Waals surface area contributed by atoms with E-state index in [9.17, 15) is 26.7 Å². The zero-order valence-electron chi connectivity index (χ0n) is 11.0. The molecule has 1 aromatic carbocycles. The van der Waals surface area contributed by atoms with Gasteiger partial charge in [0.2, 0.25) is 0 Å². The molecule has 0 unspecified atom stereocenters. The minimum atomic E-state index is -4.98. The van der Waals surface area contributed by atoms with Crippen LogP contribution in [-0.4, -0.2) is 9.97 Å². The van der Waals surface area contributed by atoms with Crippen LogP contribution in [-0.2, 0) is 11.9 Å². The van der Waals surface area contributed by atoms with E-state index in [1.54, 1.807) is 0 Å². The summed E-state index contributed by atoms with van der Waals surface area (Å²) in [5, 5.41) is 8.20. The van der Waals surface area contributed by atoms with Gasteiger partial charge >= 0.3 is 6.18 Å². The number of H-pyrrole nitrogens is 1. The second-order valence-electron chi connectivity index (χ2n) is 4.23. The maximum atomic E-state index is 13.5. The predicted octanol–water partition coefficient (Wildman–Crippen LogP) is 3.23. The molecule has 120 valence electrons. The Hall–Kier alpha value is -2.41. The van der Waals surface area contributed by atoms with E-state index >= 15 is 0 Å². The summed E-state index contributed by atoms with van der Waals surface area (Å²) in [6, 6.07) is 3.90.